The second kappa shape index (κ2) is 5.64. The topological polar surface area (TPSA) is 59.0 Å². The number of anilines is 1. The van der Waals surface area contributed by atoms with E-state index < -0.39 is 0 Å². The van der Waals surface area contributed by atoms with Crippen molar-refractivity contribution >= 4 is 23.2 Å². The van der Waals surface area contributed by atoms with Gasteiger partial charge in [0, 0.05) is 12.4 Å². The highest BCUT2D eigenvalue weighted by atomic mass is 35.5. The normalized spacial score (nSPS) is 18.1. The Bertz CT molecular complexity index is 606. The largest absolute Gasteiger partial charge is 0.323 e. The molecular formula is C14H15ClN4O. The first-order chi connectivity index (χ1) is 9.75. The molecular weight excluding hydrogens is 276 g/mol. The van der Waals surface area contributed by atoms with Gasteiger partial charge >= 0.3 is 0 Å². The summed E-state index contributed by atoms with van der Waals surface area (Å²) < 4.78 is 1.79. The van der Waals surface area contributed by atoms with Crippen molar-refractivity contribution in [1.82, 2.24) is 14.9 Å². The lowest BCUT2D eigenvalue weighted by Gasteiger charge is -2.15. The summed E-state index contributed by atoms with van der Waals surface area (Å²) in [4.78, 5) is 16.2. The minimum atomic E-state index is -0.121. The number of nitrogens with zero attached hydrogens (tertiary/aromatic N) is 2. The lowest BCUT2D eigenvalue weighted by atomic mass is 10.2. The predicted molar refractivity (Wildman–Crippen MR) is 78.2 cm³/mol. The molecule has 1 atom stereocenters. The van der Waals surface area contributed by atoms with Crippen molar-refractivity contribution in [2.45, 2.75) is 18.9 Å². The second-order valence-electron chi connectivity index (χ2n) is 4.74. The highest BCUT2D eigenvalue weighted by molar-refractivity contribution is 6.33. The van der Waals surface area contributed by atoms with Gasteiger partial charge in [0.15, 0.2) is 0 Å². The number of halogens is 1. The molecule has 1 aromatic heterocycles. The molecule has 0 saturated carbocycles. The van der Waals surface area contributed by atoms with Gasteiger partial charge < -0.3 is 15.2 Å². The summed E-state index contributed by atoms with van der Waals surface area (Å²) in [5.41, 5.74) is 1.42. The van der Waals surface area contributed by atoms with Gasteiger partial charge in [0.2, 0.25) is 5.91 Å². The number of aromatic nitrogens is 2. The molecule has 5 nitrogen and oxygen atoms in total. The minimum absolute atomic E-state index is 0.0221. The highest BCUT2D eigenvalue weighted by Gasteiger charge is 2.23. The molecule has 1 fully saturated rings. The molecule has 20 heavy (non-hydrogen) atoms. The quantitative estimate of drug-likeness (QED) is 0.911. The molecule has 104 valence electrons. The molecule has 1 aromatic carbocycles. The van der Waals surface area contributed by atoms with Gasteiger partial charge in [-0.25, -0.2) is 4.98 Å². The zero-order chi connectivity index (χ0) is 13.9. The molecule has 3 rings (SSSR count). The van der Waals surface area contributed by atoms with Crippen LogP contribution >= 0.6 is 11.6 Å². The van der Waals surface area contributed by atoms with E-state index in [0.717, 1.165) is 25.1 Å². The molecule has 2 aromatic rings. The maximum absolute atomic E-state index is 12.2. The van der Waals surface area contributed by atoms with Crippen molar-refractivity contribution in [1.29, 1.82) is 0 Å². The van der Waals surface area contributed by atoms with Crippen LogP contribution in [0.15, 0.2) is 36.9 Å². The molecule has 1 aliphatic heterocycles. The smallest absolute Gasteiger partial charge is 0.241 e. The summed E-state index contributed by atoms with van der Waals surface area (Å²) in [6.07, 6.45) is 7.03. The SMILES string of the molecule is O=C(Nc1cccc(Cl)c1-n1ccnc1)[C@H]1CCCN1. The fraction of sp³-hybridized carbons (Fsp3) is 0.286. The summed E-state index contributed by atoms with van der Waals surface area (Å²) in [6, 6.07) is 5.33. The van der Waals surface area contributed by atoms with Gasteiger partial charge in [-0.2, -0.15) is 0 Å². The van der Waals surface area contributed by atoms with E-state index in [-0.39, 0.29) is 11.9 Å². The number of nitrogens with one attached hydrogen (secondary N) is 2. The average Bonchev–Trinajstić information content (AvgIpc) is 3.12. The Kier molecular flexibility index (Phi) is 3.71. The molecule has 1 saturated heterocycles. The van der Waals surface area contributed by atoms with E-state index in [2.05, 4.69) is 15.6 Å². The standard InChI is InChI=1S/C14H15ClN4O/c15-10-3-1-4-11(13(10)19-8-7-16-9-19)18-14(20)12-5-2-6-17-12/h1,3-4,7-9,12,17H,2,5-6H2,(H,18,20)/t12-/m1/s1. The van der Waals surface area contributed by atoms with Crippen molar-refractivity contribution < 1.29 is 4.79 Å². The van der Waals surface area contributed by atoms with Gasteiger partial charge in [-0.05, 0) is 31.5 Å². The van der Waals surface area contributed by atoms with E-state index >= 15 is 0 Å². The number of amides is 1. The van der Waals surface area contributed by atoms with Crippen LogP contribution in [0.1, 0.15) is 12.8 Å². The van der Waals surface area contributed by atoms with Crippen LogP contribution in [0.25, 0.3) is 5.69 Å². The maximum Gasteiger partial charge on any atom is 0.241 e. The third-order valence-corrected chi connectivity index (χ3v) is 3.69. The molecule has 2 N–H and O–H groups in total. The molecule has 1 amide bonds. The maximum atomic E-state index is 12.2. The van der Waals surface area contributed by atoms with Gasteiger partial charge in [0.1, 0.15) is 0 Å². The first-order valence-electron chi connectivity index (χ1n) is 6.57. The lowest BCUT2D eigenvalue weighted by Crippen LogP contribution is -2.35. The van der Waals surface area contributed by atoms with Gasteiger partial charge in [-0.1, -0.05) is 17.7 Å². The third-order valence-electron chi connectivity index (χ3n) is 3.38. The number of imidazole rings is 1. The van der Waals surface area contributed by atoms with Crippen LogP contribution in [0.4, 0.5) is 5.69 Å². The van der Waals surface area contributed by atoms with E-state index in [1.54, 1.807) is 29.4 Å². The van der Waals surface area contributed by atoms with Crippen LogP contribution in [0.5, 0.6) is 0 Å². The summed E-state index contributed by atoms with van der Waals surface area (Å²) in [6.45, 7) is 0.891. The van der Waals surface area contributed by atoms with Crippen LogP contribution in [-0.4, -0.2) is 28.0 Å². The minimum Gasteiger partial charge on any atom is -0.323 e. The van der Waals surface area contributed by atoms with Crippen LogP contribution in [0.3, 0.4) is 0 Å². The van der Waals surface area contributed by atoms with Gasteiger partial charge in [0.25, 0.3) is 0 Å². The Morgan fingerprint density at radius 1 is 1.50 bits per heavy atom. The Labute approximate surface area is 122 Å². The van der Waals surface area contributed by atoms with E-state index in [1.807, 2.05) is 12.1 Å². The molecule has 6 heteroatoms. The van der Waals surface area contributed by atoms with E-state index in [1.165, 1.54) is 0 Å². The van der Waals surface area contributed by atoms with Crippen LogP contribution in [0, 0.1) is 0 Å². The Morgan fingerprint density at radius 3 is 3.10 bits per heavy atom. The highest BCUT2D eigenvalue weighted by Crippen LogP contribution is 2.28. The number of hydrogen-bond acceptors (Lipinski definition) is 3. The Balaban J connectivity index is 1.89. The lowest BCUT2D eigenvalue weighted by molar-refractivity contribution is -0.117. The van der Waals surface area contributed by atoms with Gasteiger partial charge in [-0.15, -0.1) is 0 Å². The first kappa shape index (κ1) is 13.1. The predicted octanol–water partition coefficient (Wildman–Crippen LogP) is 2.22. The van der Waals surface area contributed by atoms with Crippen molar-refractivity contribution in [2.24, 2.45) is 0 Å². The third kappa shape index (κ3) is 2.55. The number of hydrogen-bond donors (Lipinski definition) is 2. The van der Waals surface area contributed by atoms with Crippen LogP contribution in [0.2, 0.25) is 5.02 Å². The fourth-order valence-electron chi connectivity index (χ4n) is 2.40. The summed E-state index contributed by atoms with van der Waals surface area (Å²) in [5.74, 6) is -0.0221. The fourth-order valence-corrected chi connectivity index (χ4v) is 2.67. The second-order valence-corrected chi connectivity index (χ2v) is 5.15. The monoisotopic (exact) mass is 290 g/mol. The molecule has 0 unspecified atom stereocenters. The number of benzene rings is 1. The summed E-state index contributed by atoms with van der Waals surface area (Å²) in [7, 11) is 0. The zero-order valence-electron chi connectivity index (χ0n) is 10.8. The first-order valence-corrected chi connectivity index (χ1v) is 6.94. The van der Waals surface area contributed by atoms with Crippen molar-refractivity contribution in [3.63, 3.8) is 0 Å². The van der Waals surface area contributed by atoms with Crippen molar-refractivity contribution in [3.8, 4) is 5.69 Å². The Morgan fingerprint density at radius 2 is 2.40 bits per heavy atom. The van der Waals surface area contributed by atoms with Gasteiger partial charge in [0.05, 0.1) is 28.8 Å². The summed E-state index contributed by atoms with van der Waals surface area (Å²) in [5, 5.41) is 6.70. The molecule has 2 heterocycles. The van der Waals surface area contributed by atoms with Crippen molar-refractivity contribution in [2.75, 3.05) is 11.9 Å². The number of para-hydroxylation sites is 1. The molecule has 0 spiro atoms. The average molecular weight is 291 g/mol. The van der Waals surface area contributed by atoms with Crippen LogP contribution < -0.4 is 10.6 Å². The van der Waals surface area contributed by atoms with E-state index in [0.29, 0.717) is 10.7 Å². The molecule has 1 aliphatic rings. The number of carbonyl (C=O) groups excluding carboxylic acids is 1. The Hall–Kier alpha value is -1.85. The van der Waals surface area contributed by atoms with Gasteiger partial charge in [-0.3, -0.25) is 4.79 Å². The summed E-state index contributed by atoms with van der Waals surface area (Å²) >= 11 is 6.25. The zero-order valence-corrected chi connectivity index (χ0v) is 11.6. The number of carbonyl (C=O) groups is 1. The molecule has 0 bridgehead atoms. The van der Waals surface area contributed by atoms with Crippen LogP contribution in [-0.2, 0) is 4.79 Å². The van der Waals surface area contributed by atoms with E-state index in [4.69, 9.17) is 11.6 Å². The number of rotatable bonds is 3. The van der Waals surface area contributed by atoms with E-state index in [9.17, 15) is 4.79 Å². The molecule has 0 radical (unpaired) electrons. The van der Waals surface area contributed by atoms with Crippen molar-refractivity contribution in [3.05, 3.63) is 41.9 Å². The molecule has 0 aliphatic carbocycles.